The number of rotatable bonds is 6. The first kappa shape index (κ1) is 26.5. The van der Waals surface area contributed by atoms with Gasteiger partial charge in [0, 0.05) is 24.1 Å². The molecule has 0 spiro atoms. The van der Waals surface area contributed by atoms with Gasteiger partial charge < -0.3 is 19.5 Å². The number of hydrogen-bond acceptors (Lipinski definition) is 4. The number of ether oxygens (including phenoxy) is 2. The van der Waals surface area contributed by atoms with Crippen molar-refractivity contribution in [2.24, 2.45) is 5.41 Å². The van der Waals surface area contributed by atoms with Crippen LogP contribution in [0.2, 0.25) is 0 Å². The van der Waals surface area contributed by atoms with E-state index in [9.17, 15) is 32.3 Å². The maximum Gasteiger partial charge on any atom is 0.416 e. The Morgan fingerprint density at radius 3 is 2.38 bits per heavy atom. The molecule has 2 aromatic carbocycles. The van der Waals surface area contributed by atoms with Gasteiger partial charge >= 0.3 is 12.1 Å². The summed E-state index contributed by atoms with van der Waals surface area (Å²) in [6.07, 6.45) is -4.35. The van der Waals surface area contributed by atoms with Gasteiger partial charge in [0.1, 0.15) is 30.4 Å². The molecule has 10 heteroatoms. The minimum absolute atomic E-state index is 0.101. The molecule has 1 saturated heterocycles. The predicted octanol–water partition coefficient (Wildman–Crippen LogP) is 5.35. The highest BCUT2D eigenvalue weighted by Crippen LogP contribution is 2.41. The standard InChI is InChI=1S/C27H27F4NO5/c1-25(2,24(34)35)15-37-18-8-9-21-19(12-18)22(16-4-6-17(7-5-16)27(29,30)31)20(13-36-21)23(33)32-11-10-26(3,28)14-32/h4-9,12H,10-11,13-15H2,1-3H3,(H,34,35). The van der Waals surface area contributed by atoms with Gasteiger partial charge in [-0.05, 0) is 56.7 Å². The Morgan fingerprint density at radius 2 is 1.81 bits per heavy atom. The number of carbonyl (C=O) groups is 2. The summed E-state index contributed by atoms with van der Waals surface area (Å²) in [4.78, 5) is 26.3. The lowest BCUT2D eigenvalue weighted by Gasteiger charge is -2.28. The van der Waals surface area contributed by atoms with Crippen LogP contribution in [0, 0.1) is 5.41 Å². The maximum atomic E-state index is 14.5. The van der Waals surface area contributed by atoms with Crippen molar-refractivity contribution in [1.82, 2.24) is 4.90 Å². The molecule has 1 fully saturated rings. The smallest absolute Gasteiger partial charge is 0.416 e. The molecule has 0 radical (unpaired) electrons. The summed E-state index contributed by atoms with van der Waals surface area (Å²) >= 11 is 0. The first-order valence-corrected chi connectivity index (χ1v) is 11.7. The minimum Gasteiger partial charge on any atom is -0.492 e. The van der Waals surface area contributed by atoms with E-state index in [0.29, 0.717) is 28.2 Å². The summed E-state index contributed by atoms with van der Waals surface area (Å²) in [5.41, 5.74) is -2.24. The van der Waals surface area contributed by atoms with Crippen LogP contribution in [0.1, 0.15) is 43.9 Å². The Kier molecular flexibility index (Phi) is 6.73. The van der Waals surface area contributed by atoms with Gasteiger partial charge in [0.2, 0.25) is 0 Å². The zero-order chi connectivity index (χ0) is 27.2. The lowest BCUT2D eigenvalue weighted by atomic mass is 9.89. The van der Waals surface area contributed by atoms with Crippen molar-refractivity contribution in [3.05, 3.63) is 64.7 Å². The lowest BCUT2D eigenvalue weighted by Crippen LogP contribution is -2.35. The van der Waals surface area contributed by atoms with Crippen LogP contribution in [-0.2, 0) is 15.8 Å². The van der Waals surface area contributed by atoms with E-state index in [-0.39, 0.29) is 38.3 Å². The average Bonchev–Trinajstić information content (AvgIpc) is 3.20. The van der Waals surface area contributed by atoms with Gasteiger partial charge in [0.15, 0.2) is 0 Å². The molecule has 0 aromatic heterocycles. The number of alkyl halides is 4. The summed E-state index contributed by atoms with van der Waals surface area (Å²) < 4.78 is 65.6. The van der Waals surface area contributed by atoms with Gasteiger partial charge in [-0.2, -0.15) is 13.2 Å². The molecule has 1 unspecified atom stereocenters. The molecule has 198 valence electrons. The topological polar surface area (TPSA) is 76.1 Å². The Bertz CT molecular complexity index is 1250. The second kappa shape index (κ2) is 9.39. The van der Waals surface area contributed by atoms with Crippen LogP contribution in [0.4, 0.5) is 17.6 Å². The fourth-order valence-electron chi connectivity index (χ4n) is 4.24. The van der Waals surface area contributed by atoms with Crippen LogP contribution in [0.3, 0.4) is 0 Å². The molecule has 0 saturated carbocycles. The van der Waals surface area contributed by atoms with Crippen molar-refractivity contribution in [3.63, 3.8) is 0 Å². The Morgan fingerprint density at radius 1 is 1.14 bits per heavy atom. The third-order valence-corrected chi connectivity index (χ3v) is 6.54. The van der Waals surface area contributed by atoms with Crippen LogP contribution >= 0.6 is 0 Å². The SMILES string of the molecule is CC1(F)CCN(C(=O)C2=C(c3ccc(C(F)(F)F)cc3)c3cc(OCC(C)(C)C(=O)O)ccc3OC2)C1. The highest BCUT2D eigenvalue weighted by molar-refractivity contribution is 6.06. The number of aliphatic carboxylic acids is 1. The molecule has 2 aliphatic heterocycles. The fourth-order valence-corrected chi connectivity index (χ4v) is 4.24. The molecule has 1 N–H and O–H groups in total. The van der Waals surface area contributed by atoms with Crippen molar-refractivity contribution in [1.29, 1.82) is 0 Å². The number of fused-ring (bicyclic) bond motifs is 1. The number of nitrogens with zero attached hydrogens (tertiary/aromatic N) is 1. The van der Waals surface area contributed by atoms with E-state index in [4.69, 9.17) is 9.47 Å². The van der Waals surface area contributed by atoms with Gasteiger partial charge in [-0.3, -0.25) is 9.59 Å². The third kappa shape index (κ3) is 5.57. The molecule has 1 atom stereocenters. The van der Waals surface area contributed by atoms with Crippen molar-refractivity contribution in [2.75, 3.05) is 26.3 Å². The van der Waals surface area contributed by atoms with Crippen molar-refractivity contribution < 1.29 is 41.7 Å². The number of amides is 1. The molecule has 2 aliphatic rings. The van der Waals surface area contributed by atoms with E-state index >= 15 is 0 Å². The Balaban J connectivity index is 1.78. The van der Waals surface area contributed by atoms with Crippen molar-refractivity contribution in [3.8, 4) is 11.5 Å². The summed E-state index contributed by atoms with van der Waals surface area (Å²) in [7, 11) is 0. The number of benzene rings is 2. The molecule has 2 aromatic rings. The number of carboxylic acid groups (broad SMARTS) is 1. The average molecular weight is 522 g/mol. The van der Waals surface area contributed by atoms with Crippen LogP contribution < -0.4 is 9.47 Å². The molecule has 4 rings (SSSR count). The Labute approximate surface area is 211 Å². The van der Waals surface area contributed by atoms with Crippen molar-refractivity contribution >= 4 is 17.4 Å². The second-order valence-corrected chi connectivity index (χ2v) is 10.2. The number of hydrogen-bond donors (Lipinski definition) is 1. The van der Waals surface area contributed by atoms with Gasteiger partial charge in [-0.15, -0.1) is 0 Å². The van der Waals surface area contributed by atoms with E-state index in [1.807, 2.05) is 0 Å². The molecule has 1 amide bonds. The molecule has 37 heavy (non-hydrogen) atoms. The van der Waals surface area contributed by atoms with Gasteiger partial charge in [-0.1, -0.05) is 12.1 Å². The molecule has 2 heterocycles. The first-order chi connectivity index (χ1) is 17.2. The Hall–Kier alpha value is -3.56. The zero-order valence-electron chi connectivity index (χ0n) is 20.6. The molecule has 6 nitrogen and oxygen atoms in total. The van der Waals surface area contributed by atoms with E-state index < -0.39 is 34.7 Å². The fraction of sp³-hybridized carbons (Fsp3) is 0.407. The van der Waals surface area contributed by atoms with Crippen molar-refractivity contribution in [2.45, 2.75) is 39.0 Å². The number of carboxylic acids is 1. The van der Waals surface area contributed by atoms with E-state index in [1.165, 1.54) is 37.8 Å². The summed E-state index contributed by atoms with van der Waals surface area (Å²) in [6, 6.07) is 9.18. The second-order valence-electron chi connectivity index (χ2n) is 10.2. The van der Waals surface area contributed by atoms with Crippen LogP contribution in [0.15, 0.2) is 48.0 Å². The molecular weight excluding hydrogens is 494 g/mol. The van der Waals surface area contributed by atoms with Gasteiger partial charge in [0.25, 0.3) is 5.91 Å². The van der Waals surface area contributed by atoms with Crippen LogP contribution in [0.25, 0.3) is 5.57 Å². The monoisotopic (exact) mass is 521 g/mol. The predicted molar refractivity (Wildman–Crippen MR) is 127 cm³/mol. The van der Waals surface area contributed by atoms with Gasteiger partial charge in [-0.25, -0.2) is 4.39 Å². The van der Waals surface area contributed by atoms with E-state index in [1.54, 1.807) is 18.2 Å². The van der Waals surface area contributed by atoms with E-state index in [2.05, 4.69) is 0 Å². The number of halogens is 4. The molecule has 0 aliphatic carbocycles. The summed E-state index contributed by atoms with van der Waals surface area (Å²) in [5, 5.41) is 9.36. The van der Waals surface area contributed by atoms with Gasteiger partial charge in [0.05, 0.1) is 23.1 Å². The first-order valence-electron chi connectivity index (χ1n) is 11.7. The summed E-state index contributed by atoms with van der Waals surface area (Å²) in [6.45, 7) is 4.25. The van der Waals surface area contributed by atoms with E-state index in [0.717, 1.165) is 12.1 Å². The highest BCUT2D eigenvalue weighted by atomic mass is 19.4. The minimum atomic E-state index is -4.53. The number of likely N-dealkylation sites (tertiary alicyclic amines) is 1. The zero-order valence-corrected chi connectivity index (χ0v) is 20.6. The quantitative estimate of drug-likeness (QED) is 0.519. The normalized spacial score (nSPS) is 19.9. The summed E-state index contributed by atoms with van der Waals surface area (Å²) in [5.74, 6) is -0.821. The largest absolute Gasteiger partial charge is 0.492 e. The lowest BCUT2D eigenvalue weighted by molar-refractivity contribution is -0.148. The van der Waals surface area contributed by atoms with Crippen LogP contribution in [0.5, 0.6) is 11.5 Å². The molecule has 0 bridgehead atoms. The molecular formula is C27H27F4NO5. The maximum absolute atomic E-state index is 14.5. The highest BCUT2D eigenvalue weighted by Gasteiger charge is 2.39. The third-order valence-electron chi connectivity index (χ3n) is 6.54. The number of carbonyl (C=O) groups excluding carboxylic acids is 1. The van der Waals surface area contributed by atoms with Crippen LogP contribution in [-0.4, -0.2) is 53.9 Å².